The number of hydrogen-bond donors (Lipinski definition) is 0. The Morgan fingerprint density at radius 3 is 2.69 bits per heavy atom. The van der Waals surface area contributed by atoms with Crippen molar-refractivity contribution in [1.82, 2.24) is 15.0 Å². The zero-order valence-corrected chi connectivity index (χ0v) is 16.6. The minimum atomic E-state index is -4.30. The molecule has 0 spiro atoms. The highest BCUT2D eigenvalue weighted by Crippen LogP contribution is 2.36. The third-order valence-electron chi connectivity index (χ3n) is 4.12. The predicted octanol–water partition coefficient (Wildman–Crippen LogP) is 6.52. The van der Waals surface area contributed by atoms with Crippen molar-refractivity contribution in [3.05, 3.63) is 60.3 Å². The fourth-order valence-electron chi connectivity index (χ4n) is 2.76. The number of rotatable bonds is 4. The van der Waals surface area contributed by atoms with Crippen LogP contribution in [0.5, 0.6) is 0 Å². The minimum Gasteiger partial charge on any atom is -0.264 e. The molecule has 0 aliphatic heterocycles. The molecule has 0 N–H and O–H groups in total. The molecule has 3 nitrogen and oxygen atoms in total. The van der Waals surface area contributed by atoms with Crippen LogP contribution in [0.2, 0.25) is 0 Å². The monoisotopic (exact) mass is 435 g/mol. The Labute approximate surface area is 171 Å². The molecule has 0 amide bonds. The lowest BCUT2D eigenvalue weighted by Gasteiger charge is -2.11. The maximum absolute atomic E-state index is 14.6. The number of pyridine rings is 2. The second-order valence-corrected chi connectivity index (χ2v) is 8.35. The summed E-state index contributed by atoms with van der Waals surface area (Å²) in [5.41, 5.74) is 2.50. The quantitative estimate of drug-likeness (QED) is 0.270. The van der Waals surface area contributed by atoms with E-state index in [0.717, 1.165) is 15.3 Å². The van der Waals surface area contributed by atoms with Crippen LogP contribution in [0.1, 0.15) is 5.56 Å². The van der Waals surface area contributed by atoms with Gasteiger partial charge in [-0.2, -0.15) is 13.2 Å². The number of aryl methyl sites for hydroxylation is 1. The summed E-state index contributed by atoms with van der Waals surface area (Å²) in [6, 6.07) is 8.08. The summed E-state index contributed by atoms with van der Waals surface area (Å²) in [5, 5.41) is 0.762. The number of hydrogen-bond acceptors (Lipinski definition) is 5. The van der Waals surface area contributed by atoms with Crippen LogP contribution in [-0.2, 0) is 0 Å². The van der Waals surface area contributed by atoms with Gasteiger partial charge >= 0.3 is 6.18 Å². The molecule has 0 saturated heterocycles. The summed E-state index contributed by atoms with van der Waals surface area (Å²) < 4.78 is 53.1. The average Bonchev–Trinajstić information content (AvgIpc) is 3.10. The van der Waals surface area contributed by atoms with E-state index < -0.39 is 17.7 Å². The minimum absolute atomic E-state index is 0.165. The fourth-order valence-corrected chi connectivity index (χ4v) is 4.53. The average molecular weight is 435 g/mol. The molecule has 9 heteroatoms. The van der Waals surface area contributed by atoms with Gasteiger partial charge in [0.1, 0.15) is 16.3 Å². The summed E-state index contributed by atoms with van der Waals surface area (Å²) >= 11 is 2.06. The van der Waals surface area contributed by atoms with Crippen molar-refractivity contribution in [3.63, 3.8) is 0 Å². The van der Waals surface area contributed by atoms with E-state index in [1.54, 1.807) is 31.6 Å². The standard InChI is InChI=1S/C20H13F4N3S2/c1-11-5-14(21)13(6-17(11)28-10-20(22,23)24)15-7-18-16(9-26-15)27-19(29-18)12-3-2-4-25-8-12/h2-9H,10H2,1H3. The van der Waals surface area contributed by atoms with Crippen LogP contribution in [0.15, 0.2) is 53.8 Å². The lowest BCUT2D eigenvalue weighted by Crippen LogP contribution is -2.10. The lowest BCUT2D eigenvalue weighted by molar-refractivity contribution is -0.105. The van der Waals surface area contributed by atoms with Gasteiger partial charge in [0.05, 0.1) is 22.3 Å². The first-order valence-electron chi connectivity index (χ1n) is 8.47. The van der Waals surface area contributed by atoms with Gasteiger partial charge in [0.15, 0.2) is 0 Å². The molecule has 148 valence electrons. The molecule has 0 radical (unpaired) electrons. The zero-order valence-electron chi connectivity index (χ0n) is 15.0. The number of alkyl halides is 3. The van der Waals surface area contributed by atoms with E-state index in [2.05, 4.69) is 15.0 Å². The molecule has 0 aliphatic rings. The Morgan fingerprint density at radius 2 is 1.97 bits per heavy atom. The molecule has 4 aromatic rings. The van der Waals surface area contributed by atoms with Gasteiger partial charge in [-0.05, 0) is 42.8 Å². The predicted molar refractivity (Wildman–Crippen MR) is 108 cm³/mol. The molecule has 0 saturated carbocycles. The molecule has 3 aromatic heterocycles. The van der Waals surface area contributed by atoms with Crippen molar-refractivity contribution in [2.24, 2.45) is 0 Å². The van der Waals surface area contributed by atoms with Crippen LogP contribution < -0.4 is 0 Å². The Kier molecular flexibility index (Phi) is 5.26. The molecular formula is C20H13F4N3S2. The molecule has 0 fully saturated rings. The van der Waals surface area contributed by atoms with Crippen LogP contribution >= 0.6 is 23.1 Å². The first kappa shape index (κ1) is 19.8. The van der Waals surface area contributed by atoms with Crippen molar-refractivity contribution in [2.45, 2.75) is 18.0 Å². The topological polar surface area (TPSA) is 38.7 Å². The molecule has 0 unspecified atom stereocenters. The number of benzene rings is 1. The largest absolute Gasteiger partial charge is 0.398 e. The Morgan fingerprint density at radius 1 is 1.14 bits per heavy atom. The van der Waals surface area contributed by atoms with E-state index in [4.69, 9.17) is 0 Å². The van der Waals surface area contributed by atoms with E-state index in [1.165, 1.54) is 23.5 Å². The van der Waals surface area contributed by atoms with Crippen molar-refractivity contribution in [2.75, 3.05) is 5.75 Å². The molecule has 29 heavy (non-hydrogen) atoms. The Bertz CT molecular complexity index is 1170. The number of thiazole rings is 1. The molecule has 0 bridgehead atoms. The Hall–Kier alpha value is -2.52. The highest BCUT2D eigenvalue weighted by molar-refractivity contribution is 7.99. The maximum atomic E-state index is 14.6. The van der Waals surface area contributed by atoms with E-state index in [1.807, 2.05) is 12.1 Å². The van der Waals surface area contributed by atoms with Crippen molar-refractivity contribution in [1.29, 1.82) is 0 Å². The van der Waals surface area contributed by atoms with Crippen LogP contribution in [0.4, 0.5) is 17.6 Å². The van der Waals surface area contributed by atoms with Crippen LogP contribution in [0.25, 0.3) is 32.0 Å². The SMILES string of the molecule is Cc1cc(F)c(-c2cc3sc(-c4cccnc4)nc3cn2)cc1SCC(F)(F)F. The normalized spacial score (nSPS) is 11.9. The number of aromatic nitrogens is 3. The van der Waals surface area contributed by atoms with Gasteiger partial charge in [0.2, 0.25) is 0 Å². The summed E-state index contributed by atoms with van der Waals surface area (Å²) in [6.45, 7) is 1.59. The van der Waals surface area contributed by atoms with Crippen molar-refractivity contribution >= 4 is 33.3 Å². The van der Waals surface area contributed by atoms with Gasteiger partial charge in [-0.3, -0.25) is 9.97 Å². The van der Waals surface area contributed by atoms with Gasteiger partial charge in [0, 0.05) is 28.4 Å². The Balaban J connectivity index is 1.72. The molecular weight excluding hydrogens is 422 g/mol. The zero-order chi connectivity index (χ0) is 20.6. The number of thioether (sulfide) groups is 1. The summed E-state index contributed by atoms with van der Waals surface area (Å²) in [6.07, 6.45) is 0.623. The highest BCUT2D eigenvalue weighted by atomic mass is 32.2. The number of nitrogens with zero attached hydrogens (tertiary/aromatic N) is 3. The second-order valence-electron chi connectivity index (χ2n) is 6.30. The molecule has 1 aromatic carbocycles. The van der Waals surface area contributed by atoms with Crippen LogP contribution in [0.3, 0.4) is 0 Å². The van der Waals surface area contributed by atoms with Crippen LogP contribution in [0, 0.1) is 12.7 Å². The molecule has 3 heterocycles. The van der Waals surface area contributed by atoms with Gasteiger partial charge in [-0.1, -0.05) is 0 Å². The first-order chi connectivity index (χ1) is 13.8. The number of halogens is 4. The summed E-state index contributed by atoms with van der Waals surface area (Å²) in [5.74, 6) is -1.56. The fraction of sp³-hybridized carbons (Fsp3) is 0.150. The van der Waals surface area contributed by atoms with E-state index in [9.17, 15) is 17.6 Å². The van der Waals surface area contributed by atoms with Gasteiger partial charge in [-0.25, -0.2) is 9.37 Å². The van der Waals surface area contributed by atoms with Crippen molar-refractivity contribution < 1.29 is 17.6 Å². The van der Waals surface area contributed by atoms with Crippen molar-refractivity contribution in [3.8, 4) is 21.8 Å². The van der Waals surface area contributed by atoms with E-state index >= 15 is 0 Å². The van der Waals surface area contributed by atoms with Gasteiger partial charge in [-0.15, -0.1) is 23.1 Å². The van der Waals surface area contributed by atoms with Gasteiger partial charge in [0.25, 0.3) is 0 Å². The van der Waals surface area contributed by atoms with E-state index in [0.29, 0.717) is 33.4 Å². The summed E-state index contributed by atoms with van der Waals surface area (Å²) in [7, 11) is 0. The van der Waals surface area contributed by atoms with E-state index in [-0.39, 0.29) is 5.56 Å². The third-order valence-corrected chi connectivity index (χ3v) is 6.40. The maximum Gasteiger partial charge on any atom is 0.398 e. The number of fused-ring (bicyclic) bond motifs is 1. The molecule has 0 atom stereocenters. The second kappa shape index (κ2) is 7.72. The highest BCUT2D eigenvalue weighted by Gasteiger charge is 2.28. The lowest BCUT2D eigenvalue weighted by atomic mass is 10.1. The van der Waals surface area contributed by atoms with Crippen LogP contribution in [-0.4, -0.2) is 26.9 Å². The van der Waals surface area contributed by atoms with Gasteiger partial charge < -0.3 is 0 Å². The first-order valence-corrected chi connectivity index (χ1v) is 10.3. The summed E-state index contributed by atoms with van der Waals surface area (Å²) in [4.78, 5) is 13.3. The smallest absolute Gasteiger partial charge is 0.264 e. The third kappa shape index (κ3) is 4.40. The molecule has 4 rings (SSSR count). The molecule has 0 aliphatic carbocycles.